The molecule has 4 aliphatic rings. The largest absolute Gasteiger partial charge is 0.497 e. The third-order valence-corrected chi connectivity index (χ3v) is 6.94. The van der Waals surface area contributed by atoms with Crippen LogP contribution in [0.3, 0.4) is 0 Å². The summed E-state index contributed by atoms with van der Waals surface area (Å²) in [6.07, 6.45) is 9.52. The molecule has 2 aromatic rings. The first-order valence-electron chi connectivity index (χ1n) is 11.0. The second kappa shape index (κ2) is 7.72. The number of aromatic nitrogens is 3. The Labute approximate surface area is 186 Å². The van der Waals surface area contributed by atoms with E-state index in [1.165, 1.54) is 6.20 Å². The summed E-state index contributed by atoms with van der Waals surface area (Å²) < 4.78 is 10.6. The van der Waals surface area contributed by atoms with Gasteiger partial charge in [0.1, 0.15) is 11.4 Å². The van der Waals surface area contributed by atoms with Gasteiger partial charge in [-0.05, 0) is 63.4 Å². The average molecular weight is 438 g/mol. The van der Waals surface area contributed by atoms with Crippen LogP contribution in [0.1, 0.15) is 54.7 Å². The number of hydrogen-bond donors (Lipinski definition) is 2. The summed E-state index contributed by atoms with van der Waals surface area (Å²) >= 11 is 0. The summed E-state index contributed by atoms with van der Waals surface area (Å²) in [6, 6.07) is 3.36. The summed E-state index contributed by atoms with van der Waals surface area (Å²) in [5.74, 6) is 1.47. The lowest BCUT2D eigenvalue weighted by Crippen LogP contribution is -2.70. The van der Waals surface area contributed by atoms with E-state index in [1.807, 2.05) is 0 Å². The van der Waals surface area contributed by atoms with Crippen molar-refractivity contribution in [2.24, 2.45) is 11.8 Å². The van der Waals surface area contributed by atoms with Crippen LogP contribution >= 0.6 is 0 Å². The Hall–Kier alpha value is -3.23. The number of rotatable bonds is 5. The summed E-state index contributed by atoms with van der Waals surface area (Å²) in [4.78, 5) is 38.2. The predicted molar refractivity (Wildman–Crippen MR) is 114 cm³/mol. The molecule has 4 bridgehead atoms. The molecule has 2 aromatic heterocycles. The monoisotopic (exact) mass is 437 g/mol. The highest BCUT2D eigenvalue weighted by Gasteiger charge is 2.59. The molecule has 0 spiro atoms. The highest BCUT2D eigenvalue weighted by molar-refractivity contribution is 5.93. The highest BCUT2D eigenvalue weighted by Crippen LogP contribution is 2.57. The molecule has 0 aromatic carbocycles. The Kier molecular flexibility index (Phi) is 4.98. The SMILES string of the molecule is COc1ccnc(C(=O)NC23CC4CC(CC(NC(=O)Oc5cncc(C)n5)(C4)C2)C3)c1. The molecule has 2 N–H and O–H groups in total. The van der Waals surface area contributed by atoms with E-state index in [9.17, 15) is 9.59 Å². The molecule has 4 fully saturated rings. The maximum atomic E-state index is 13.0. The van der Waals surface area contributed by atoms with Gasteiger partial charge in [-0.1, -0.05) is 0 Å². The van der Waals surface area contributed by atoms with Crippen molar-refractivity contribution >= 4 is 12.0 Å². The lowest BCUT2D eigenvalue weighted by atomic mass is 9.50. The van der Waals surface area contributed by atoms with Crippen molar-refractivity contribution < 1.29 is 19.1 Å². The molecule has 6 rings (SSSR count). The van der Waals surface area contributed by atoms with E-state index in [-0.39, 0.29) is 17.3 Å². The normalized spacial score (nSPS) is 29.9. The first-order valence-corrected chi connectivity index (χ1v) is 11.0. The van der Waals surface area contributed by atoms with Gasteiger partial charge in [0.15, 0.2) is 0 Å². The van der Waals surface area contributed by atoms with Gasteiger partial charge in [-0.3, -0.25) is 14.8 Å². The van der Waals surface area contributed by atoms with Gasteiger partial charge in [0.25, 0.3) is 5.91 Å². The molecular formula is C23H27N5O4. The molecule has 2 atom stereocenters. The van der Waals surface area contributed by atoms with E-state index < -0.39 is 11.6 Å². The van der Waals surface area contributed by atoms with Crippen molar-refractivity contribution in [1.29, 1.82) is 0 Å². The number of carbonyl (C=O) groups excluding carboxylic acids is 2. The highest BCUT2D eigenvalue weighted by atomic mass is 16.6. The first kappa shape index (κ1) is 20.7. The summed E-state index contributed by atoms with van der Waals surface area (Å²) in [5.41, 5.74) is 0.257. The van der Waals surface area contributed by atoms with Gasteiger partial charge in [0.05, 0.1) is 19.0 Å². The van der Waals surface area contributed by atoms with E-state index in [1.54, 1.807) is 38.6 Å². The third kappa shape index (κ3) is 3.99. The summed E-state index contributed by atoms with van der Waals surface area (Å²) in [6.45, 7) is 1.79. The maximum absolute atomic E-state index is 13.0. The molecule has 9 heteroatoms. The van der Waals surface area contributed by atoms with Crippen LogP contribution in [0.25, 0.3) is 0 Å². The fourth-order valence-electron chi connectivity index (χ4n) is 6.35. The van der Waals surface area contributed by atoms with Crippen LogP contribution in [0, 0.1) is 18.8 Å². The zero-order valence-electron chi connectivity index (χ0n) is 18.3. The number of nitrogens with one attached hydrogen (secondary N) is 2. The third-order valence-electron chi connectivity index (χ3n) is 6.94. The topological polar surface area (TPSA) is 115 Å². The van der Waals surface area contributed by atoms with Crippen molar-refractivity contribution in [3.63, 3.8) is 0 Å². The van der Waals surface area contributed by atoms with Crippen LogP contribution in [0.2, 0.25) is 0 Å². The molecule has 0 saturated heterocycles. The van der Waals surface area contributed by atoms with E-state index in [0.29, 0.717) is 35.4 Å². The van der Waals surface area contributed by atoms with Crippen LogP contribution in [0.4, 0.5) is 4.79 Å². The Bertz CT molecular complexity index is 1040. The van der Waals surface area contributed by atoms with E-state index in [2.05, 4.69) is 25.6 Å². The number of amides is 2. The van der Waals surface area contributed by atoms with Gasteiger partial charge < -0.3 is 20.1 Å². The molecule has 4 aliphatic carbocycles. The van der Waals surface area contributed by atoms with Crippen molar-refractivity contribution in [2.45, 2.75) is 56.5 Å². The van der Waals surface area contributed by atoms with Crippen molar-refractivity contribution in [1.82, 2.24) is 25.6 Å². The van der Waals surface area contributed by atoms with Gasteiger partial charge in [-0.2, -0.15) is 0 Å². The molecular weight excluding hydrogens is 410 g/mol. The minimum atomic E-state index is -0.525. The van der Waals surface area contributed by atoms with E-state index in [4.69, 9.17) is 9.47 Å². The van der Waals surface area contributed by atoms with Crippen molar-refractivity contribution in [3.05, 3.63) is 42.1 Å². The lowest BCUT2D eigenvalue weighted by molar-refractivity contribution is -0.0450. The van der Waals surface area contributed by atoms with Gasteiger partial charge >= 0.3 is 6.09 Å². The fourth-order valence-corrected chi connectivity index (χ4v) is 6.35. The number of nitrogens with zero attached hydrogens (tertiary/aromatic N) is 3. The standard InChI is InChI=1S/C23H27N5O4/c1-14-11-24-12-19(26-14)32-21(30)28-23-9-15-5-16(10-23)8-22(7-15,13-23)27-20(29)18-6-17(31-2)3-4-25-18/h3-4,6,11-12,15-16H,5,7-10,13H2,1-2H3,(H,27,29)(H,28,30). The van der Waals surface area contributed by atoms with Gasteiger partial charge in [-0.25, -0.2) is 9.78 Å². The molecule has 9 nitrogen and oxygen atoms in total. The molecule has 32 heavy (non-hydrogen) atoms. The minimum absolute atomic E-state index is 0.180. The molecule has 0 aliphatic heterocycles. The number of aryl methyl sites for hydroxylation is 1. The molecule has 2 heterocycles. The number of ether oxygens (including phenoxy) is 2. The van der Waals surface area contributed by atoms with Gasteiger partial charge in [0, 0.05) is 29.5 Å². The summed E-state index contributed by atoms with van der Waals surface area (Å²) in [7, 11) is 1.56. The zero-order valence-corrected chi connectivity index (χ0v) is 18.3. The maximum Gasteiger partial charge on any atom is 0.414 e. The van der Waals surface area contributed by atoms with Gasteiger partial charge in [0.2, 0.25) is 5.88 Å². The Morgan fingerprint density at radius 2 is 1.81 bits per heavy atom. The van der Waals surface area contributed by atoms with E-state index in [0.717, 1.165) is 32.1 Å². The smallest absolute Gasteiger partial charge is 0.414 e. The Morgan fingerprint density at radius 1 is 1.09 bits per heavy atom. The van der Waals surface area contributed by atoms with Crippen LogP contribution in [0.5, 0.6) is 11.6 Å². The van der Waals surface area contributed by atoms with Crippen LogP contribution < -0.4 is 20.1 Å². The number of pyridine rings is 1. The van der Waals surface area contributed by atoms with Crippen molar-refractivity contribution in [3.8, 4) is 11.6 Å². The van der Waals surface area contributed by atoms with Crippen LogP contribution in [-0.4, -0.2) is 45.1 Å². The number of hydrogen-bond acceptors (Lipinski definition) is 7. The molecule has 2 amide bonds. The molecule has 4 saturated carbocycles. The molecule has 2 unspecified atom stereocenters. The second-order valence-electron chi connectivity index (χ2n) is 9.57. The average Bonchev–Trinajstić information content (AvgIpc) is 2.72. The lowest BCUT2D eigenvalue weighted by Gasteiger charge is -2.61. The second-order valence-corrected chi connectivity index (χ2v) is 9.57. The van der Waals surface area contributed by atoms with Crippen LogP contribution in [-0.2, 0) is 0 Å². The zero-order chi connectivity index (χ0) is 22.3. The van der Waals surface area contributed by atoms with Crippen molar-refractivity contribution in [2.75, 3.05) is 7.11 Å². The van der Waals surface area contributed by atoms with E-state index >= 15 is 0 Å². The fraction of sp³-hybridized carbons (Fsp3) is 0.522. The predicted octanol–water partition coefficient (Wildman–Crippen LogP) is 2.80. The van der Waals surface area contributed by atoms with Crippen LogP contribution in [0.15, 0.2) is 30.7 Å². The molecule has 0 radical (unpaired) electrons. The quantitative estimate of drug-likeness (QED) is 0.739. The number of methoxy groups -OCH3 is 1. The molecule has 168 valence electrons. The van der Waals surface area contributed by atoms with Gasteiger partial charge in [-0.15, -0.1) is 0 Å². The minimum Gasteiger partial charge on any atom is -0.497 e. The first-order chi connectivity index (χ1) is 15.4. The Balaban J connectivity index is 1.32. The summed E-state index contributed by atoms with van der Waals surface area (Å²) in [5, 5.41) is 6.41. The Morgan fingerprint density at radius 3 is 2.50 bits per heavy atom. The number of carbonyl (C=O) groups is 2.